The Labute approximate surface area is 136 Å². The zero-order valence-electron chi connectivity index (χ0n) is 13.5. The van der Waals surface area contributed by atoms with Gasteiger partial charge in [0, 0.05) is 23.5 Å². The van der Waals surface area contributed by atoms with Gasteiger partial charge in [0.2, 0.25) is 0 Å². The zero-order valence-corrected chi connectivity index (χ0v) is 13.5. The Kier molecular flexibility index (Phi) is 4.55. The van der Waals surface area contributed by atoms with Crippen LogP contribution in [0.4, 0.5) is 0 Å². The number of amides is 1. The van der Waals surface area contributed by atoms with Crippen molar-refractivity contribution in [2.24, 2.45) is 0 Å². The molecule has 120 valence electrons. The van der Waals surface area contributed by atoms with Gasteiger partial charge in [-0.15, -0.1) is 0 Å². The smallest absolute Gasteiger partial charge is 0.258 e. The highest BCUT2D eigenvalue weighted by Gasteiger charge is 2.23. The van der Waals surface area contributed by atoms with Crippen LogP contribution in [0, 0.1) is 6.92 Å². The van der Waals surface area contributed by atoms with Gasteiger partial charge in [0.05, 0.1) is 0 Å². The number of aryl methyl sites for hydroxylation is 2. The molecule has 1 N–H and O–H groups in total. The molecular formula is C18H21N3O2. The minimum atomic E-state index is -0.0715. The molecule has 1 aromatic heterocycles. The third-order valence-corrected chi connectivity index (χ3v) is 3.82. The van der Waals surface area contributed by atoms with Gasteiger partial charge in [-0.1, -0.05) is 19.1 Å². The minimum Gasteiger partial charge on any atom is -0.484 e. The summed E-state index contributed by atoms with van der Waals surface area (Å²) in [5.74, 6) is 1.26. The Hall–Kier alpha value is -2.43. The van der Waals surface area contributed by atoms with E-state index >= 15 is 0 Å². The molecule has 0 bridgehead atoms. The highest BCUT2D eigenvalue weighted by atomic mass is 16.5. The lowest BCUT2D eigenvalue weighted by Crippen LogP contribution is -2.30. The first kappa shape index (κ1) is 15.5. The summed E-state index contributed by atoms with van der Waals surface area (Å²) < 4.78 is 5.57. The number of benzene rings is 1. The van der Waals surface area contributed by atoms with Crippen LogP contribution in [-0.4, -0.2) is 28.5 Å². The maximum Gasteiger partial charge on any atom is 0.258 e. The van der Waals surface area contributed by atoms with Crippen molar-refractivity contribution < 1.29 is 9.53 Å². The SMILES string of the molecule is CCc1nc(-c2cccc(OCC(=O)NC3CC3)c2)ncc1C. The van der Waals surface area contributed by atoms with E-state index in [-0.39, 0.29) is 12.5 Å². The van der Waals surface area contributed by atoms with E-state index in [9.17, 15) is 4.79 Å². The van der Waals surface area contributed by atoms with Gasteiger partial charge in [-0.3, -0.25) is 4.79 Å². The Bertz CT molecular complexity index is 711. The van der Waals surface area contributed by atoms with Crippen LogP contribution in [0.2, 0.25) is 0 Å². The van der Waals surface area contributed by atoms with E-state index < -0.39 is 0 Å². The van der Waals surface area contributed by atoms with Crippen molar-refractivity contribution in [3.63, 3.8) is 0 Å². The third kappa shape index (κ3) is 4.06. The van der Waals surface area contributed by atoms with Gasteiger partial charge in [0.15, 0.2) is 12.4 Å². The molecule has 1 fully saturated rings. The van der Waals surface area contributed by atoms with Gasteiger partial charge in [0.1, 0.15) is 5.75 Å². The van der Waals surface area contributed by atoms with E-state index in [0.717, 1.165) is 36.1 Å². The van der Waals surface area contributed by atoms with E-state index in [1.165, 1.54) is 0 Å². The number of carbonyl (C=O) groups is 1. The topological polar surface area (TPSA) is 64.1 Å². The predicted octanol–water partition coefficient (Wildman–Crippen LogP) is 2.67. The highest BCUT2D eigenvalue weighted by Crippen LogP contribution is 2.22. The van der Waals surface area contributed by atoms with Crippen molar-refractivity contribution in [2.45, 2.75) is 39.2 Å². The summed E-state index contributed by atoms with van der Waals surface area (Å²) >= 11 is 0. The standard InChI is InChI=1S/C18H21N3O2/c1-3-16-12(2)10-19-18(21-16)13-5-4-6-15(9-13)23-11-17(22)20-14-7-8-14/h4-6,9-10,14H,3,7-8,11H2,1-2H3,(H,20,22). The van der Waals surface area contributed by atoms with E-state index in [0.29, 0.717) is 17.6 Å². The van der Waals surface area contributed by atoms with Gasteiger partial charge in [-0.05, 0) is 43.9 Å². The molecular weight excluding hydrogens is 290 g/mol. The largest absolute Gasteiger partial charge is 0.484 e. The van der Waals surface area contributed by atoms with Gasteiger partial charge in [-0.2, -0.15) is 0 Å². The van der Waals surface area contributed by atoms with Crippen LogP contribution in [0.25, 0.3) is 11.4 Å². The quantitative estimate of drug-likeness (QED) is 0.891. The lowest BCUT2D eigenvalue weighted by molar-refractivity contribution is -0.123. The van der Waals surface area contributed by atoms with E-state index in [4.69, 9.17) is 4.74 Å². The Balaban J connectivity index is 1.70. The van der Waals surface area contributed by atoms with Gasteiger partial charge in [-0.25, -0.2) is 9.97 Å². The number of hydrogen-bond donors (Lipinski definition) is 1. The second-order valence-electron chi connectivity index (χ2n) is 5.84. The number of nitrogens with zero attached hydrogens (tertiary/aromatic N) is 2. The summed E-state index contributed by atoms with van der Waals surface area (Å²) in [5.41, 5.74) is 3.03. The minimum absolute atomic E-state index is 0.0366. The third-order valence-electron chi connectivity index (χ3n) is 3.82. The molecule has 5 heteroatoms. The van der Waals surface area contributed by atoms with Crippen LogP contribution >= 0.6 is 0 Å². The summed E-state index contributed by atoms with van der Waals surface area (Å²) in [4.78, 5) is 20.7. The molecule has 0 radical (unpaired) electrons. The van der Waals surface area contributed by atoms with Crippen LogP contribution in [0.15, 0.2) is 30.5 Å². The van der Waals surface area contributed by atoms with Crippen molar-refractivity contribution >= 4 is 5.91 Å². The van der Waals surface area contributed by atoms with Crippen molar-refractivity contribution in [3.05, 3.63) is 41.7 Å². The molecule has 1 heterocycles. The Morgan fingerprint density at radius 1 is 1.39 bits per heavy atom. The molecule has 0 spiro atoms. The lowest BCUT2D eigenvalue weighted by atomic mass is 10.1. The number of aromatic nitrogens is 2. The van der Waals surface area contributed by atoms with Crippen LogP contribution in [0.5, 0.6) is 5.75 Å². The molecule has 1 aliphatic rings. The van der Waals surface area contributed by atoms with Crippen molar-refractivity contribution in [2.75, 3.05) is 6.61 Å². The molecule has 1 aliphatic carbocycles. The van der Waals surface area contributed by atoms with E-state index in [1.807, 2.05) is 37.4 Å². The molecule has 1 aromatic carbocycles. The fraction of sp³-hybridized carbons (Fsp3) is 0.389. The Morgan fingerprint density at radius 3 is 2.96 bits per heavy atom. The fourth-order valence-corrected chi connectivity index (χ4v) is 2.35. The van der Waals surface area contributed by atoms with Crippen molar-refractivity contribution in [1.29, 1.82) is 0 Å². The van der Waals surface area contributed by atoms with E-state index in [2.05, 4.69) is 22.2 Å². The molecule has 0 aliphatic heterocycles. The second-order valence-corrected chi connectivity index (χ2v) is 5.84. The number of rotatable bonds is 6. The molecule has 2 aromatic rings. The fourth-order valence-electron chi connectivity index (χ4n) is 2.35. The maximum absolute atomic E-state index is 11.7. The van der Waals surface area contributed by atoms with Crippen LogP contribution in [-0.2, 0) is 11.2 Å². The molecule has 5 nitrogen and oxygen atoms in total. The molecule has 23 heavy (non-hydrogen) atoms. The molecule has 0 unspecified atom stereocenters. The van der Waals surface area contributed by atoms with Crippen LogP contribution in [0.1, 0.15) is 31.0 Å². The second kappa shape index (κ2) is 6.77. The highest BCUT2D eigenvalue weighted by molar-refractivity contribution is 5.78. The van der Waals surface area contributed by atoms with Crippen LogP contribution < -0.4 is 10.1 Å². The molecule has 3 rings (SSSR count). The molecule has 0 saturated heterocycles. The normalized spacial score (nSPS) is 13.7. The lowest BCUT2D eigenvalue weighted by Gasteiger charge is -2.09. The first-order valence-corrected chi connectivity index (χ1v) is 8.01. The summed E-state index contributed by atoms with van der Waals surface area (Å²) in [6.07, 6.45) is 4.87. The maximum atomic E-state index is 11.7. The van der Waals surface area contributed by atoms with E-state index in [1.54, 1.807) is 0 Å². The summed E-state index contributed by atoms with van der Waals surface area (Å²) in [7, 11) is 0. The monoisotopic (exact) mass is 311 g/mol. The summed E-state index contributed by atoms with van der Waals surface area (Å²) in [6, 6.07) is 7.89. The first-order valence-electron chi connectivity index (χ1n) is 8.01. The number of nitrogens with one attached hydrogen (secondary N) is 1. The van der Waals surface area contributed by atoms with Gasteiger partial charge < -0.3 is 10.1 Å². The average molecular weight is 311 g/mol. The number of hydrogen-bond acceptors (Lipinski definition) is 4. The van der Waals surface area contributed by atoms with Gasteiger partial charge >= 0.3 is 0 Å². The van der Waals surface area contributed by atoms with Crippen LogP contribution in [0.3, 0.4) is 0 Å². The number of carbonyl (C=O) groups excluding carboxylic acids is 1. The molecule has 1 saturated carbocycles. The average Bonchev–Trinajstić information content (AvgIpc) is 3.37. The summed E-state index contributed by atoms with van der Waals surface area (Å²) in [5, 5.41) is 2.90. The van der Waals surface area contributed by atoms with Crippen molar-refractivity contribution in [1.82, 2.24) is 15.3 Å². The Morgan fingerprint density at radius 2 is 2.22 bits per heavy atom. The number of ether oxygens (including phenoxy) is 1. The first-order chi connectivity index (χ1) is 11.2. The molecule has 0 atom stereocenters. The molecule has 1 amide bonds. The summed E-state index contributed by atoms with van der Waals surface area (Å²) in [6.45, 7) is 4.13. The van der Waals surface area contributed by atoms with Gasteiger partial charge in [0.25, 0.3) is 5.91 Å². The predicted molar refractivity (Wildman–Crippen MR) is 88.2 cm³/mol. The zero-order chi connectivity index (χ0) is 16.2. The van der Waals surface area contributed by atoms with Crippen molar-refractivity contribution in [3.8, 4) is 17.1 Å².